The fourth-order valence-corrected chi connectivity index (χ4v) is 8.05. The van der Waals surface area contributed by atoms with Gasteiger partial charge < -0.3 is 29.9 Å². The average Bonchev–Trinajstić information content (AvgIpc) is 4.01. The molecular weight excluding hydrogens is 879 g/mol. The quantitative estimate of drug-likeness (QED) is 0.190. The molecule has 2 aromatic heterocycles. The number of piperazine rings is 1. The van der Waals surface area contributed by atoms with E-state index in [1.54, 1.807) is 37.8 Å². The monoisotopic (exact) mass is 927 g/mol. The highest BCUT2D eigenvalue weighted by Crippen LogP contribution is 2.34. The lowest BCUT2D eigenvalue weighted by Crippen LogP contribution is -2.53. The summed E-state index contributed by atoms with van der Waals surface area (Å²) in [6, 6.07) is 28.3. The van der Waals surface area contributed by atoms with E-state index in [2.05, 4.69) is 69.6 Å². The second-order valence-corrected chi connectivity index (χ2v) is 16.8. The Morgan fingerprint density at radius 1 is 0.696 bits per heavy atom. The summed E-state index contributed by atoms with van der Waals surface area (Å²) in [6.07, 6.45) is 0.824. The van der Waals surface area contributed by atoms with E-state index >= 15 is 0 Å². The van der Waals surface area contributed by atoms with Crippen LogP contribution in [-0.2, 0) is 22.7 Å². The molecule has 6 aromatic rings. The molecule has 0 radical (unpaired) electrons. The number of fused-ring (bicyclic) bond motifs is 2. The Kier molecular flexibility index (Phi) is 13.7. The zero-order valence-corrected chi connectivity index (χ0v) is 38.3. The van der Waals surface area contributed by atoms with E-state index in [9.17, 15) is 19.2 Å². The molecule has 9 rings (SSSR count). The number of benzene rings is 4. The number of carbonyl (C=O) groups excluding carboxylic acids is 4. The maximum Gasteiger partial charge on any atom is 0.293 e. The van der Waals surface area contributed by atoms with Crippen LogP contribution in [0.25, 0.3) is 0 Å². The van der Waals surface area contributed by atoms with Gasteiger partial charge in [-0.1, -0.05) is 84.3 Å². The van der Waals surface area contributed by atoms with Crippen molar-refractivity contribution in [1.29, 1.82) is 0 Å². The van der Waals surface area contributed by atoms with Gasteiger partial charge in [0.1, 0.15) is 42.6 Å². The summed E-state index contributed by atoms with van der Waals surface area (Å²) < 4.78 is 13.7. The zero-order chi connectivity index (χ0) is 47.9. The van der Waals surface area contributed by atoms with Crippen LogP contribution < -0.4 is 29.9 Å². The molecular formula is C50H49N13O6. The van der Waals surface area contributed by atoms with Gasteiger partial charge in [-0.25, -0.2) is 9.67 Å². The van der Waals surface area contributed by atoms with Gasteiger partial charge in [-0.05, 0) is 59.7 Å². The third-order valence-electron chi connectivity index (χ3n) is 11.9. The molecule has 3 aliphatic rings. The Bertz CT molecular complexity index is 2980. The number of carbonyl (C=O) groups is 4. The molecule has 3 atom stereocenters. The molecule has 4 aromatic carbocycles. The number of amides is 4. The molecule has 0 saturated carbocycles. The van der Waals surface area contributed by atoms with Gasteiger partial charge in [-0.15, -0.1) is 15.3 Å². The lowest BCUT2D eigenvalue weighted by molar-refractivity contribution is -0.121. The average molecular weight is 928 g/mol. The van der Waals surface area contributed by atoms with Gasteiger partial charge in [0.15, 0.2) is 0 Å². The van der Waals surface area contributed by atoms with E-state index in [1.807, 2.05) is 84.9 Å². The summed E-state index contributed by atoms with van der Waals surface area (Å²) in [5.74, 6) is 12.0. The summed E-state index contributed by atoms with van der Waals surface area (Å²) in [5, 5.41) is 21.8. The van der Waals surface area contributed by atoms with Gasteiger partial charge >= 0.3 is 0 Å². The highest BCUT2D eigenvalue weighted by molar-refractivity contribution is 6.03. The molecule has 19 nitrogen and oxygen atoms in total. The predicted molar refractivity (Wildman–Crippen MR) is 253 cm³/mol. The van der Waals surface area contributed by atoms with Gasteiger partial charge in [0.05, 0.1) is 37.6 Å². The van der Waals surface area contributed by atoms with E-state index < -0.39 is 30.0 Å². The lowest BCUT2D eigenvalue weighted by Gasteiger charge is -2.32. The maximum atomic E-state index is 13.7. The lowest BCUT2D eigenvalue weighted by atomic mass is 10.1. The Labute approximate surface area is 398 Å². The molecule has 2 N–H and O–H groups in total. The zero-order valence-electron chi connectivity index (χ0n) is 38.3. The summed E-state index contributed by atoms with van der Waals surface area (Å²) in [5.41, 5.74) is 4.53. The molecule has 3 aliphatic heterocycles. The molecule has 350 valence electrons. The van der Waals surface area contributed by atoms with Crippen molar-refractivity contribution < 1.29 is 28.7 Å². The van der Waals surface area contributed by atoms with Crippen LogP contribution in [0.2, 0.25) is 0 Å². The van der Waals surface area contributed by atoms with E-state index in [0.29, 0.717) is 49.1 Å². The Hall–Kier alpha value is -8.39. The van der Waals surface area contributed by atoms with Crippen LogP contribution in [0, 0.1) is 23.7 Å². The Balaban J connectivity index is 0.731. The molecule has 0 bridgehead atoms. The fourth-order valence-electron chi connectivity index (χ4n) is 8.05. The second kappa shape index (κ2) is 20.6. The molecule has 5 heterocycles. The van der Waals surface area contributed by atoms with E-state index in [4.69, 9.17) is 9.47 Å². The minimum absolute atomic E-state index is 0.0381. The topological polar surface area (TPSA) is 198 Å². The molecule has 0 spiro atoms. The summed E-state index contributed by atoms with van der Waals surface area (Å²) in [7, 11) is 3.29. The summed E-state index contributed by atoms with van der Waals surface area (Å²) >= 11 is 0. The van der Waals surface area contributed by atoms with Crippen molar-refractivity contribution in [1.82, 2.24) is 55.4 Å². The van der Waals surface area contributed by atoms with Gasteiger partial charge in [-0.3, -0.25) is 29.0 Å². The minimum atomic E-state index is -0.976. The van der Waals surface area contributed by atoms with Crippen LogP contribution in [0.4, 0.5) is 11.4 Å². The first-order chi connectivity index (χ1) is 33.5. The number of hydrogen-bond donors (Lipinski definition) is 2. The Morgan fingerprint density at radius 3 is 1.93 bits per heavy atom. The van der Waals surface area contributed by atoms with Crippen molar-refractivity contribution in [3.05, 3.63) is 137 Å². The van der Waals surface area contributed by atoms with E-state index in [0.717, 1.165) is 48.4 Å². The molecule has 1 saturated heterocycles. The first-order valence-electron chi connectivity index (χ1n) is 22.5. The fraction of sp³-hybridized carbons (Fsp3) is 0.300. The van der Waals surface area contributed by atoms with Crippen LogP contribution in [0.5, 0.6) is 11.5 Å². The van der Waals surface area contributed by atoms with Crippen molar-refractivity contribution >= 4 is 35.0 Å². The highest BCUT2D eigenvalue weighted by Gasteiger charge is 2.37. The van der Waals surface area contributed by atoms with Crippen LogP contribution in [0.3, 0.4) is 0 Å². The molecule has 0 aliphatic carbocycles. The third kappa shape index (κ3) is 10.9. The SMILES string of the molecule is C[C@H]1Oc2ccc(C#CCN3CCN(CC#Cc4ccc5c(c4)N(C)C(=O)[C@@H](NC(=O)c4nnn(Cc6ccccc6)n4)CO5)CC3)cc2N(C)C(=O)[C@H]1NC(=O)c1ncn(Cc2ccccc2)n1. The minimum Gasteiger partial charge on any atom is -0.489 e. The standard InChI is InChI=1S/C50H49N13O6/c1-34-44(53-47(64)45-51-33-62(55-45)30-37-12-6-4-7-13-37)50(67)59(3)41-29-36(19-21-43(41)69-34)17-11-23-61-26-24-60(25-27-61)22-10-16-35-18-20-42-40(28-35)58(2)49(66)39(32-68-42)52-48(65)46-54-57-63(56-46)31-38-14-8-5-9-15-38/h4-9,12-15,18-21,28-29,33-34,39,44H,22-27,30-32H2,1-3H3,(H,52,65)(H,53,64)/t34-,39+,44+/m1/s1. The predicted octanol–water partition coefficient (Wildman–Crippen LogP) is 2.08. The van der Waals surface area contributed by atoms with Crippen molar-refractivity contribution in [3.63, 3.8) is 0 Å². The number of hydrogen-bond acceptors (Lipinski definition) is 13. The molecule has 4 amide bonds. The number of ether oxygens (including phenoxy) is 2. The van der Waals surface area contributed by atoms with Crippen LogP contribution >= 0.6 is 0 Å². The number of tetrazole rings is 1. The highest BCUT2D eigenvalue weighted by atomic mass is 16.5. The van der Waals surface area contributed by atoms with Crippen LogP contribution in [-0.4, -0.2) is 147 Å². The molecule has 1 fully saturated rings. The number of rotatable bonds is 10. The second-order valence-electron chi connectivity index (χ2n) is 16.8. The van der Waals surface area contributed by atoms with Crippen molar-refractivity contribution in [2.75, 3.05) is 69.8 Å². The smallest absolute Gasteiger partial charge is 0.293 e. The number of nitrogens with zero attached hydrogens (tertiary/aromatic N) is 11. The van der Waals surface area contributed by atoms with Crippen LogP contribution in [0.15, 0.2) is 103 Å². The molecule has 69 heavy (non-hydrogen) atoms. The Morgan fingerprint density at radius 2 is 1.28 bits per heavy atom. The third-order valence-corrected chi connectivity index (χ3v) is 11.9. The first kappa shape index (κ1) is 45.8. The molecule has 0 unspecified atom stereocenters. The van der Waals surface area contributed by atoms with Gasteiger partial charge in [0.25, 0.3) is 29.5 Å². The van der Waals surface area contributed by atoms with Crippen molar-refractivity contribution in [3.8, 4) is 35.2 Å². The number of nitrogens with one attached hydrogen (secondary N) is 2. The number of aromatic nitrogens is 7. The number of likely N-dealkylation sites (N-methyl/N-ethyl adjacent to an activating group) is 2. The maximum absolute atomic E-state index is 13.7. The number of anilines is 2. The first-order valence-corrected chi connectivity index (χ1v) is 22.5. The van der Waals surface area contributed by atoms with E-state index in [1.165, 1.54) is 20.9 Å². The largest absolute Gasteiger partial charge is 0.489 e. The van der Waals surface area contributed by atoms with Gasteiger partial charge in [0, 0.05) is 51.4 Å². The summed E-state index contributed by atoms with van der Waals surface area (Å²) in [6.45, 7) is 6.91. The van der Waals surface area contributed by atoms with Crippen molar-refractivity contribution in [2.45, 2.75) is 38.2 Å². The van der Waals surface area contributed by atoms with Crippen molar-refractivity contribution in [2.24, 2.45) is 0 Å². The van der Waals surface area contributed by atoms with Gasteiger partial charge in [0.2, 0.25) is 5.82 Å². The van der Waals surface area contributed by atoms with Gasteiger partial charge in [-0.2, -0.15) is 4.80 Å². The molecule has 19 heteroatoms. The summed E-state index contributed by atoms with van der Waals surface area (Å²) in [4.78, 5) is 66.5. The van der Waals surface area contributed by atoms with Crippen LogP contribution in [0.1, 0.15) is 50.4 Å². The van der Waals surface area contributed by atoms with E-state index in [-0.39, 0.29) is 30.1 Å². The normalized spacial score (nSPS) is 18.2.